The van der Waals surface area contributed by atoms with Crippen LogP contribution in [0.2, 0.25) is 0 Å². The summed E-state index contributed by atoms with van der Waals surface area (Å²) in [6.45, 7) is 1.89. The number of halogens is 1. The van der Waals surface area contributed by atoms with Crippen molar-refractivity contribution in [2.24, 2.45) is 11.8 Å². The molecule has 0 radical (unpaired) electrons. The Bertz CT molecular complexity index is 189. The average Bonchev–Trinajstić information content (AvgIpc) is 1.94. The zero-order valence-corrected chi connectivity index (χ0v) is 6.33. The lowest BCUT2D eigenvalue weighted by Gasteiger charge is -2.21. The Hall–Kier alpha value is -0.860. The van der Waals surface area contributed by atoms with Gasteiger partial charge in [-0.05, 0) is 12.3 Å². The molecule has 62 valence electrons. The Morgan fingerprint density at radius 1 is 1.64 bits per heavy atom. The molecular formula is C8H11FO2. The lowest BCUT2D eigenvalue weighted by atomic mass is 9.86. The van der Waals surface area contributed by atoms with Crippen LogP contribution in [0.4, 0.5) is 4.39 Å². The molecule has 0 aromatic rings. The highest BCUT2D eigenvalue weighted by molar-refractivity contribution is 5.71. The van der Waals surface area contributed by atoms with Gasteiger partial charge in [-0.2, -0.15) is 0 Å². The smallest absolute Gasteiger partial charge is 0.309 e. The molecule has 0 spiro atoms. The maximum absolute atomic E-state index is 12.8. The molecule has 0 saturated heterocycles. The molecule has 2 nitrogen and oxygen atoms in total. The van der Waals surface area contributed by atoms with Crippen LogP contribution in [-0.4, -0.2) is 17.2 Å². The maximum atomic E-state index is 12.8. The van der Waals surface area contributed by atoms with Crippen molar-refractivity contribution in [2.75, 3.05) is 0 Å². The maximum Gasteiger partial charge on any atom is 0.309 e. The Morgan fingerprint density at radius 3 is 2.73 bits per heavy atom. The third-order valence-corrected chi connectivity index (χ3v) is 1.95. The van der Waals surface area contributed by atoms with Crippen LogP contribution >= 0.6 is 0 Å². The zero-order chi connectivity index (χ0) is 8.43. The number of hydrogen-bond donors (Lipinski definition) is 1. The predicted octanol–water partition coefficient (Wildman–Crippen LogP) is 1.62. The fourth-order valence-electron chi connectivity index (χ4n) is 1.28. The molecule has 3 unspecified atom stereocenters. The number of alkyl halides is 1. The van der Waals surface area contributed by atoms with Crippen LogP contribution in [-0.2, 0) is 4.79 Å². The number of aliphatic carboxylic acids is 1. The van der Waals surface area contributed by atoms with Gasteiger partial charge in [0.2, 0.25) is 0 Å². The van der Waals surface area contributed by atoms with Crippen LogP contribution in [0, 0.1) is 11.8 Å². The molecule has 0 aliphatic heterocycles. The molecule has 0 heterocycles. The second-order valence-electron chi connectivity index (χ2n) is 2.99. The lowest BCUT2D eigenvalue weighted by Crippen LogP contribution is -2.28. The summed E-state index contributed by atoms with van der Waals surface area (Å²) in [6, 6.07) is 0. The Labute approximate surface area is 64.7 Å². The number of carboxylic acid groups (broad SMARTS) is 1. The molecular weight excluding hydrogens is 147 g/mol. The topological polar surface area (TPSA) is 37.3 Å². The quantitative estimate of drug-likeness (QED) is 0.589. The van der Waals surface area contributed by atoms with E-state index in [1.807, 2.05) is 6.92 Å². The van der Waals surface area contributed by atoms with Crippen molar-refractivity contribution >= 4 is 5.97 Å². The molecule has 1 N–H and O–H groups in total. The standard InChI is InChI=1S/C8H11FO2/c1-5-2-3-7(9)6(4-5)8(10)11/h2-3,5-7H,4H2,1H3,(H,10,11). The third kappa shape index (κ3) is 1.79. The molecule has 3 atom stereocenters. The van der Waals surface area contributed by atoms with Gasteiger partial charge in [0.05, 0.1) is 5.92 Å². The molecule has 1 rings (SSSR count). The van der Waals surface area contributed by atoms with Crippen molar-refractivity contribution < 1.29 is 14.3 Å². The fraction of sp³-hybridized carbons (Fsp3) is 0.625. The van der Waals surface area contributed by atoms with Crippen molar-refractivity contribution in [3.8, 4) is 0 Å². The first-order valence-electron chi connectivity index (χ1n) is 3.66. The van der Waals surface area contributed by atoms with E-state index in [2.05, 4.69) is 0 Å². The van der Waals surface area contributed by atoms with Crippen LogP contribution in [0.25, 0.3) is 0 Å². The molecule has 0 saturated carbocycles. The first-order valence-corrected chi connectivity index (χ1v) is 3.66. The Kier molecular flexibility index (Phi) is 2.27. The molecule has 11 heavy (non-hydrogen) atoms. The van der Waals surface area contributed by atoms with Crippen molar-refractivity contribution in [3.05, 3.63) is 12.2 Å². The molecule has 0 amide bonds. The van der Waals surface area contributed by atoms with E-state index >= 15 is 0 Å². The minimum Gasteiger partial charge on any atom is -0.481 e. The average molecular weight is 158 g/mol. The molecule has 1 aliphatic carbocycles. The molecule has 0 aromatic heterocycles. The summed E-state index contributed by atoms with van der Waals surface area (Å²) in [4.78, 5) is 10.4. The van der Waals surface area contributed by atoms with Crippen molar-refractivity contribution in [2.45, 2.75) is 19.5 Å². The van der Waals surface area contributed by atoms with E-state index in [0.717, 1.165) is 0 Å². The first kappa shape index (κ1) is 8.24. The first-order chi connectivity index (χ1) is 5.11. The molecule has 0 aromatic carbocycles. The van der Waals surface area contributed by atoms with Gasteiger partial charge in [0.15, 0.2) is 0 Å². The summed E-state index contributed by atoms with van der Waals surface area (Å²) in [5, 5.41) is 8.55. The zero-order valence-electron chi connectivity index (χ0n) is 6.33. The van der Waals surface area contributed by atoms with Crippen molar-refractivity contribution in [1.29, 1.82) is 0 Å². The van der Waals surface area contributed by atoms with E-state index in [1.54, 1.807) is 6.08 Å². The number of carboxylic acids is 1. The number of carbonyl (C=O) groups is 1. The van der Waals surface area contributed by atoms with E-state index in [-0.39, 0.29) is 5.92 Å². The van der Waals surface area contributed by atoms with E-state index in [9.17, 15) is 9.18 Å². The summed E-state index contributed by atoms with van der Waals surface area (Å²) < 4.78 is 12.8. The van der Waals surface area contributed by atoms with Gasteiger partial charge in [0.25, 0.3) is 0 Å². The normalized spacial score (nSPS) is 37.1. The van der Waals surface area contributed by atoms with Gasteiger partial charge in [0, 0.05) is 0 Å². The van der Waals surface area contributed by atoms with Crippen LogP contribution in [0.1, 0.15) is 13.3 Å². The summed E-state index contributed by atoms with van der Waals surface area (Å²) in [6.07, 6.45) is 2.17. The summed E-state index contributed by atoms with van der Waals surface area (Å²) >= 11 is 0. The SMILES string of the molecule is CC1C=CC(F)C(C(=O)O)C1. The minimum atomic E-state index is -1.30. The number of rotatable bonds is 1. The van der Waals surface area contributed by atoms with E-state index in [1.165, 1.54) is 6.08 Å². The highest BCUT2D eigenvalue weighted by atomic mass is 19.1. The van der Waals surface area contributed by atoms with Gasteiger partial charge in [0.1, 0.15) is 6.17 Å². The largest absolute Gasteiger partial charge is 0.481 e. The van der Waals surface area contributed by atoms with E-state index in [4.69, 9.17) is 5.11 Å². The molecule has 0 bridgehead atoms. The second kappa shape index (κ2) is 3.03. The van der Waals surface area contributed by atoms with E-state index in [0.29, 0.717) is 6.42 Å². The van der Waals surface area contributed by atoms with Gasteiger partial charge >= 0.3 is 5.97 Å². The van der Waals surface area contributed by atoms with Crippen molar-refractivity contribution in [1.82, 2.24) is 0 Å². The van der Waals surface area contributed by atoms with Crippen LogP contribution in [0.5, 0.6) is 0 Å². The number of hydrogen-bond acceptors (Lipinski definition) is 1. The Morgan fingerprint density at radius 2 is 2.27 bits per heavy atom. The van der Waals surface area contributed by atoms with Crippen LogP contribution in [0.3, 0.4) is 0 Å². The van der Waals surface area contributed by atoms with E-state index < -0.39 is 18.1 Å². The third-order valence-electron chi connectivity index (χ3n) is 1.95. The van der Waals surface area contributed by atoms with Gasteiger partial charge in [-0.15, -0.1) is 0 Å². The Balaban J connectivity index is 2.68. The molecule has 1 aliphatic rings. The lowest BCUT2D eigenvalue weighted by molar-refractivity contribution is -0.144. The highest BCUT2D eigenvalue weighted by Crippen LogP contribution is 2.25. The highest BCUT2D eigenvalue weighted by Gasteiger charge is 2.30. The van der Waals surface area contributed by atoms with Crippen LogP contribution < -0.4 is 0 Å². The van der Waals surface area contributed by atoms with Gasteiger partial charge in [-0.1, -0.05) is 19.1 Å². The van der Waals surface area contributed by atoms with Crippen molar-refractivity contribution in [3.63, 3.8) is 0 Å². The minimum absolute atomic E-state index is 0.183. The predicted molar refractivity (Wildman–Crippen MR) is 38.9 cm³/mol. The summed E-state index contributed by atoms with van der Waals surface area (Å²) in [7, 11) is 0. The molecule has 0 fully saturated rings. The summed E-state index contributed by atoms with van der Waals surface area (Å²) in [5.41, 5.74) is 0. The summed E-state index contributed by atoms with van der Waals surface area (Å²) in [5.74, 6) is -1.69. The molecule has 3 heteroatoms. The van der Waals surface area contributed by atoms with Crippen LogP contribution in [0.15, 0.2) is 12.2 Å². The fourth-order valence-corrected chi connectivity index (χ4v) is 1.28. The van der Waals surface area contributed by atoms with Gasteiger partial charge in [-0.25, -0.2) is 4.39 Å². The van der Waals surface area contributed by atoms with Gasteiger partial charge in [-0.3, -0.25) is 4.79 Å². The van der Waals surface area contributed by atoms with Gasteiger partial charge < -0.3 is 5.11 Å². The monoisotopic (exact) mass is 158 g/mol. The number of allylic oxidation sites excluding steroid dienone is 2. The second-order valence-corrected chi connectivity index (χ2v) is 2.99.